The van der Waals surface area contributed by atoms with E-state index >= 15 is 0 Å². The molecule has 0 bridgehead atoms. The molecule has 0 spiro atoms. The van der Waals surface area contributed by atoms with E-state index in [1.54, 1.807) is 0 Å². The molecule has 0 aromatic carbocycles. The van der Waals surface area contributed by atoms with E-state index in [2.05, 4.69) is 5.10 Å². The van der Waals surface area contributed by atoms with Crippen molar-refractivity contribution in [2.45, 2.75) is 0 Å². The maximum Gasteiger partial charge on any atom is 1.00 e. The van der Waals surface area contributed by atoms with Crippen LogP contribution in [-0.2, 0) is 7.05 Å². The summed E-state index contributed by atoms with van der Waals surface area (Å²) in [6, 6.07) is 0.958. The number of hydrogen-bond acceptors (Lipinski definition) is 1. The minimum absolute atomic E-state index is 0. The van der Waals surface area contributed by atoms with Gasteiger partial charge < -0.3 is 12.9 Å². The van der Waals surface area contributed by atoms with Crippen molar-refractivity contribution in [3.63, 3.8) is 0 Å². The van der Waals surface area contributed by atoms with Crippen molar-refractivity contribution < 1.29 is 64.3 Å². The normalized spacial score (nSPS) is 10.9. The summed E-state index contributed by atoms with van der Waals surface area (Å²) in [6.45, 7) is -4.92. The standard InChI is InChI=1S/C4H5BF3N2.K/c1-10-3-2-4(9-10)5(6,7)8;/h2-3H,1H3;/q-1;+1. The molecule has 0 radical (unpaired) electrons. The average molecular weight is 188 g/mol. The minimum atomic E-state index is -4.92. The van der Waals surface area contributed by atoms with Gasteiger partial charge in [-0.1, -0.05) is 6.07 Å². The maximum atomic E-state index is 11.8. The van der Waals surface area contributed by atoms with Crippen LogP contribution in [0, 0.1) is 0 Å². The molecule has 0 saturated carbocycles. The Bertz CT molecular complexity index is 233. The predicted molar refractivity (Wildman–Crippen MR) is 31.9 cm³/mol. The van der Waals surface area contributed by atoms with Crippen LogP contribution in [0.4, 0.5) is 12.9 Å². The molecule has 1 aromatic heterocycles. The fourth-order valence-electron chi connectivity index (χ4n) is 0.608. The molecule has 7 heteroatoms. The monoisotopic (exact) mass is 188 g/mol. The van der Waals surface area contributed by atoms with Gasteiger partial charge in [0.2, 0.25) is 0 Å². The van der Waals surface area contributed by atoms with E-state index in [0.717, 1.165) is 10.7 Å². The summed E-state index contributed by atoms with van der Waals surface area (Å²) in [5, 5.41) is 3.20. The zero-order valence-corrected chi connectivity index (χ0v) is 9.38. The van der Waals surface area contributed by atoms with Gasteiger partial charge in [0.15, 0.2) is 0 Å². The SMILES string of the molecule is Cn1ccc([B-](F)(F)F)n1.[K+]. The molecule has 0 aliphatic carbocycles. The molecule has 0 N–H and O–H groups in total. The molecule has 11 heavy (non-hydrogen) atoms. The van der Waals surface area contributed by atoms with Crippen molar-refractivity contribution in [2.24, 2.45) is 7.05 Å². The summed E-state index contributed by atoms with van der Waals surface area (Å²) in [4.78, 5) is 0. The summed E-state index contributed by atoms with van der Waals surface area (Å²) in [5.41, 5.74) is -0.789. The zero-order valence-electron chi connectivity index (χ0n) is 6.26. The van der Waals surface area contributed by atoms with Gasteiger partial charge in [0.25, 0.3) is 0 Å². The first-order valence-corrected chi connectivity index (χ1v) is 2.69. The van der Waals surface area contributed by atoms with Gasteiger partial charge in [0.1, 0.15) is 0 Å². The number of rotatable bonds is 1. The van der Waals surface area contributed by atoms with Gasteiger partial charge in [-0.15, -0.1) is 0 Å². The second-order valence-corrected chi connectivity index (χ2v) is 1.99. The molecule has 56 valence electrons. The number of halogens is 3. The van der Waals surface area contributed by atoms with Crippen molar-refractivity contribution in [1.82, 2.24) is 9.78 Å². The fraction of sp³-hybridized carbons (Fsp3) is 0.250. The topological polar surface area (TPSA) is 17.8 Å². The van der Waals surface area contributed by atoms with E-state index < -0.39 is 12.6 Å². The summed E-state index contributed by atoms with van der Waals surface area (Å²) in [6.07, 6.45) is 1.27. The van der Waals surface area contributed by atoms with Gasteiger partial charge in [-0.25, -0.2) is 5.10 Å². The Labute approximate surface area is 105 Å². The first-order valence-electron chi connectivity index (χ1n) is 2.69. The second kappa shape index (κ2) is 4.09. The van der Waals surface area contributed by atoms with E-state index in [0.29, 0.717) is 0 Å². The Kier molecular flexibility index (Phi) is 4.35. The van der Waals surface area contributed by atoms with Gasteiger partial charge in [-0.2, -0.15) is 0 Å². The molecular formula is C4H5BF3KN2. The molecule has 0 amide bonds. The van der Waals surface area contributed by atoms with Crippen LogP contribution in [0.15, 0.2) is 12.3 Å². The maximum absolute atomic E-state index is 11.8. The van der Waals surface area contributed by atoms with E-state index in [1.165, 1.54) is 13.2 Å². The third-order valence-corrected chi connectivity index (χ3v) is 1.07. The Morgan fingerprint density at radius 3 is 2.18 bits per heavy atom. The van der Waals surface area contributed by atoms with Crippen LogP contribution < -0.4 is 57.0 Å². The third kappa shape index (κ3) is 3.29. The predicted octanol–water partition coefficient (Wildman–Crippen LogP) is -2.52. The quantitative estimate of drug-likeness (QED) is 0.444. The number of nitrogens with zero attached hydrogens (tertiary/aromatic N) is 2. The Morgan fingerprint density at radius 1 is 1.45 bits per heavy atom. The van der Waals surface area contributed by atoms with Crippen LogP contribution in [0.25, 0.3) is 0 Å². The molecule has 2 nitrogen and oxygen atoms in total. The molecule has 0 unspecified atom stereocenters. The number of aromatic nitrogens is 2. The van der Waals surface area contributed by atoms with Crippen molar-refractivity contribution >= 4 is 12.6 Å². The molecule has 1 rings (SSSR count). The summed E-state index contributed by atoms with van der Waals surface area (Å²) in [5.74, 6) is 0. The van der Waals surface area contributed by atoms with Crippen LogP contribution in [0.3, 0.4) is 0 Å². The average Bonchev–Trinajstić information content (AvgIpc) is 2.11. The number of aryl methyl sites for hydroxylation is 1. The van der Waals surface area contributed by atoms with Crippen LogP contribution >= 0.6 is 0 Å². The van der Waals surface area contributed by atoms with Crippen molar-refractivity contribution in [3.05, 3.63) is 12.3 Å². The zero-order chi connectivity index (χ0) is 7.78. The molecule has 0 aliphatic rings. The van der Waals surface area contributed by atoms with E-state index in [9.17, 15) is 12.9 Å². The summed E-state index contributed by atoms with van der Waals surface area (Å²) < 4.78 is 36.5. The minimum Gasteiger partial charge on any atom is -0.444 e. The van der Waals surface area contributed by atoms with Gasteiger partial charge >= 0.3 is 58.4 Å². The molecule has 1 aromatic rings. The van der Waals surface area contributed by atoms with E-state index in [4.69, 9.17) is 0 Å². The second-order valence-electron chi connectivity index (χ2n) is 1.99. The molecule has 0 fully saturated rings. The summed E-state index contributed by atoms with van der Waals surface area (Å²) >= 11 is 0. The van der Waals surface area contributed by atoms with Gasteiger partial charge in [0, 0.05) is 18.8 Å². The summed E-state index contributed by atoms with van der Waals surface area (Å²) in [7, 11) is 1.45. The van der Waals surface area contributed by atoms with Crippen molar-refractivity contribution in [1.29, 1.82) is 0 Å². The van der Waals surface area contributed by atoms with Crippen molar-refractivity contribution in [2.75, 3.05) is 0 Å². The molecule has 0 atom stereocenters. The largest absolute Gasteiger partial charge is 1.00 e. The van der Waals surface area contributed by atoms with Crippen LogP contribution in [0.1, 0.15) is 0 Å². The van der Waals surface area contributed by atoms with E-state index in [1.807, 2.05) is 0 Å². The molecule has 1 heterocycles. The first kappa shape index (κ1) is 11.7. The number of hydrogen-bond donors (Lipinski definition) is 0. The molecular weight excluding hydrogens is 183 g/mol. The Morgan fingerprint density at radius 2 is 2.00 bits per heavy atom. The first-order chi connectivity index (χ1) is 4.50. The van der Waals surface area contributed by atoms with Crippen LogP contribution in [-0.4, -0.2) is 16.8 Å². The van der Waals surface area contributed by atoms with Gasteiger partial charge in [-0.3, -0.25) is 4.68 Å². The third-order valence-electron chi connectivity index (χ3n) is 1.07. The fourth-order valence-corrected chi connectivity index (χ4v) is 0.608. The van der Waals surface area contributed by atoms with Gasteiger partial charge in [0.05, 0.1) is 0 Å². The van der Waals surface area contributed by atoms with Crippen LogP contribution in [0.5, 0.6) is 0 Å². The van der Waals surface area contributed by atoms with Crippen molar-refractivity contribution in [3.8, 4) is 0 Å². The Hall–Kier alpha value is 0.701. The van der Waals surface area contributed by atoms with Crippen LogP contribution in [0.2, 0.25) is 0 Å². The smallest absolute Gasteiger partial charge is 0.444 e. The molecule has 0 saturated heterocycles. The Balaban J connectivity index is 0.000001000. The molecule has 0 aliphatic heterocycles. The van der Waals surface area contributed by atoms with E-state index in [-0.39, 0.29) is 51.4 Å². The van der Waals surface area contributed by atoms with Gasteiger partial charge in [-0.05, 0) is 0 Å².